The third-order valence-corrected chi connectivity index (χ3v) is 6.42. The Kier molecular flexibility index (Phi) is 5.18. The molecule has 0 radical (unpaired) electrons. The Morgan fingerprint density at radius 1 is 0.969 bits per heavy atom. The van der Waals surface area contributed by atoms with E-state index in [1.807, 2.05) is 85.5 Å². The van der Waals surface area contributed by atoms with Crippen LogP contribution >= 0.6 is 15.9 Å². The molecule has 0 spiro atoms. The molecule has 0 bridgehead atoms. The Labute approximate surface area is 194 Å². The average molecular weight is 488 g/mol. The highest BCUT2D eigenvalue weighted by molar-refractivity contribution is 9.10. The molecule has 2 heterocycles. The van der Waals surface area contributed by atoms with Crippen LogP contribution in [0.5, 0.6) is 0 Å². The van der Waals surface area contributed by atoms with Crippen molar-refractivity contribution in [2.24, 2.45) is 0 Å². The van der Waals surface area contributed by atoms with E-state index in [9.17, 15) is 9.59 Å². The van der Waals surface area contributed by atoms with Crippen LogP contribution < -0.4 is 10.5 Å². The molecule has 1 aromatic heterocycles. The van der Waals surface area contributed by atoms with Crippen LogP contribution in [0.2, 0.25) is 0 Å². The SMILES string of the molecule is CC(C)N1C(=O)[C@@H](Cc2nc3ccccc3c(=O)n2-c2ccccc2)c2cc(Br)ccc21. The minimum atomic E-state index is -0.409. The van der Waals surface area contributed by atoms with Gasteiger partial charge in [-0.15, -0.1) is 0 Å². The molecule has 1 amide bonds. The Balaban J connectivity index is 1.70. The van der Waals surface area contributed by atoms with Gasteiger partial charge in [0.05, 0.1) is 22.5 Å². The van der Waals surface area contributed by atoms with E-state index in [1.54, 1.807) is 10.6 Å². The number of fused-ring (bicyclic) bond motifs is 2. The van der Waals surface area contributed by atoms with Crippen LogP contribution in [0.4, 0.5) is 5.69 Å². The third-order valence-electron chi connectivity index (χ3n) is 5.92. The lowest BCUT2D eigenvalue weighted by atomic mass is 9.96. The van der Waals surface area contributed by atoms with Crippen molar-refractivity contribution in [3.63, 3.8) is 0 Å². The maximum atomic E-state index is 13.5. The summed E-state index contributed by atoms with van der Waals surface area (Å²) in [6, 6.07) is 22.8. The number of aromatic nitrogens is 2. The number of para-hydroxylation sites is 2. The topological polar surface area (TPSA) is 55.2 Å². The first-order chi connectivity index (χ1) is 15.5. The molecule has 5 rings (SSSR count). The van der Waals surface area contributed by atoms with Crippen molar-refractivity contribution >= 4 is 38.4 Å². The van der Waals surface area contributed by atoms with Crippen molar-refractivity contribution in [1.29, 1.82) is 0 Å². The van der Waals surface area contributed by atoms with Gasteiger partial charge < -0.3 is 4.90 Å². The predicted octanol–water partition coefficient (Wildman–Crippen LogP) is 5.23. The van der Waals surface area contributed by atoms with E-state index >= 15 is 0 Å². The van der Waals surface area contributed by atoms with Gasteiger partial charge in [0.2, 0.25) is 5.91 Å². The molecule has 1 aliphatic heterocycles. The molecule has 6 heteroatoms. The second-order valence-electron chi connectivity index (χ2n) is 8.28. The number of rotatable bonds is 4. The summed E-state index contributed by atoms with van der Waals surface area (Å²) in [6.07, 6.45) is 0.334. The number of halogens is 1. The molecule has 0 N–H and O–H groups in total. The van der Waals surface area contributed by atoms with E-state index in [2.05, 4.69) is 15.9 Å². The van der Waals surface area contributed by atoms with Crippen molar-refractivity contribution in [2.75, 3.05) is 4.90 Å². The Morgan fingerprint density at radius 2 is 1.69 bits per heavy atom. The molecule has 0 saturated carbocycles. The predicted molar refractivity (Wildman–Crippen MR) is 131 cm³/mol. The van der Waals surface area contributed by atoms with E-state index in [4.69, 9.17) is 4.98 Å². The van der Waals surface area contributed by atoms with Crippen molar-refractivity contribution in [2.45, 2.75) is 32.2 Å². The Hall–Kier alpha value is -3.25. The minimum absolute atomic E-state index is 0.0355. The molecule has 0 saturated heterocycles. The lowest BCUT2D eigenvalue weighted by Gasteiger charge is -2.22. The van der Waals surface area contributed by atoms with Crippen molar-refractivity contribution in [3.8, 4) is 5.69 Å². The molecule has 160 valence electrons. The summed E-state index contributed by atoms with van der Waals surface area (Å²) in [4.78, 5) is 33.7. The fourth-order valence-electron chi connectivity index (χ4n) is 4.51. The monoisotopic (exact) mass is 487 g/mol. The normalized spacial score (nSPS) is 15.6. The molecule has 4 aromatic rings. The second kappa shape index (κ2) is 8.02. The molecule has 0 aliphatic carbocycles. The standard InChI is InChI=1S/C26H22BrN3O2/c1-16(2)29-23-13-12-17(27)14-20(23)21(26(29)32)15-24-28-22-11-7-6-10-19(22)25(31)30(24)18-8-4-3-5-9-18/h3-14,16,21H,15H2,1-2H3/t21-/m0/s1. The number of hydrogen-bond acceptors (Lipinski definition) is 3. The van der Waals surface area contributed by atoms with Gasteiger partial charge in [-0.1, -0.05) is 46.3 Å². The highest BCUT2D eigenvalue weighted by atomic mass is 79.9. The maximum absolute atomic E-state index is 13.5. The number of hydrogen-bond donors (Lipinski definition) is 0. The van der Waals surface area contributed by atoms with E-state index < -0.39 is 5.92 Å². The molecular weight excluding hydrogens is 466 g/mol. The van der Waals surface area contributed by atoms with Gasteiger partial charge in [0.1, 0.15) is 5.82 Å². The zero-order valence-corrected chi connectivity index (χ0v) is 19.4. The molecular formula is C26H22BrN3O2. The molecule has 0 fully saturated rings. The number of amides is 1. The highest BCUT2D eigenvalue weighted by Gasteiger charge is 2.39. The molecule has 3 aromatic carbocycles. The van der Waals surface area contributed by atoms with E-state index in [0.29, 0.717) is 23.1 Å². The molecule has 0 unspecified atom stereocenters. The van der Waals surface area contributed by atoms with Crippen LogP contribution in [0.1, 0.15) is 31.2 Å². The second-order valence-corrected chi connectivity index (χ2v) is 9.20. The number of carbonyl (C=O) groups excluding carboxylic acids is 1. The van der Waals surface area contributed by atoms with Gasteiger partial charge in [0.25, 0.3) is 5.56 Å². The van der Waals surface area contributed by atoms with Crippen LogP contribution in [0, 0.1) is 0 Å². The zero-order valence-electron chi connectivity index (χ0n) is 17.8. The lowest BCUT2D eigenvalue weighted by molar-refractivity contribution is -0.119. The van der Waals surface area contributed by atoms with Crippen molar-refractivity contribution < 1.29 is 4.79 Å². The van der Waals surface area contributed by atoms with Crippen LogP contribution in [0.15, 0.2) is 82.1 Å². The highest BCUT2D eigenvalue weighted by Crippen LogP contribution is 2.41. The van der Waals surface area contributed by atoms with Crippen LogP contribution in [-0.2, 0) is 11.2 Å². The molecule has 5 nitrogen and oxygen atoms in total. The quantitative estimate of drug-likeness (QED) is 0.396. The van der Waals surface area contributed by atoms with Gasteiger partial charge in [-0.3, -0.25) is 14.2 Å². The van der Waals surface area contributed by atoms with Gasteiger partial charge in [-0.05, 0) is 61.9 Å². The summed E-state index contributed by atoms with van der Waals surface area (Å²) >= 11 is 3.55. The van der Waals surface area contributed by atoms with Crippen LogP contribution in [-0.4, -0.2) is 21.5 Å². The maximum Gasteiger partial charge on any atom is 0.265 e. The van der Waals surface area contributed by atoms with Gasteiger partial charge in [0, 0.05) is 22.6 Å². The fraction of sp³-hybridized carbons (Fsp3) is 0.192. The van der Waals surface area contributed by atoms with Gasteiger partial charge in [-0.2, -0.15) is 0 Å². The third kappa shape index (κ3) is 3.35. The summed E-state index contributed by atoms with van der Waals surface area (Å²) in [5, 5.41) is 0.560. The van der Waals surface area contributed by atoms with E-state index in [1.165, 1.54) is 0 Å². The smallest absolute Gasteiger partial charge is 0.265 e. The first-order valence-electron chi connectivity index (χ1n) is 10.6. The summed E-state index contributed by atoms with van der Waals surface area (Å²) in [6.45, 7) is 4.03. The summed E-state index contributed by atoms with van der Waals surface area (Å²) < 4.78 is 2.57. The van der Waals surface area contributed by atoms with Crippen molar-refractivity contribution in [1.82, 2.24) is 9.55 Å². The molecule has 1 atom stereocenters. The summed E-state index contributed by atoms with van der Waals surface area (Å²) in [5.74, 6) is 0.206. The minimum Gasteiger partial charge on any atom is -0.309 e. The number of nitrogens with zero attached hydrogens (tertiary/aromatic N) is 3. The van der Waals surface area contributed by atoms with E-state index in [0.717, 1.165) is 21.4 Å². The van der Waals surface area contributed by atoms with Gasteiger partial charge in [-0.25, -0.2) is 4.98 Å². The Morgan fingerprint density at radius 3 is 2.44 bits per heavy atom. The van der Waals surface area contributed by atoms with Crippen LogP contribution in [0.3, 0.4) is 0 Å². The van der Waals surface area contributed by atoms with Gasteiger partial charge in [0.15, 0.2) is 0 Å². The largest absolute Gasteiger partial charge is 0.309 e. The Bertz CT molecular complexity index is 1400. The van der Waals surface area contributed by atoms with E-state index in [-0.39, 0.29) is 17.5 Å². The average Bonchev–Trinajstić information content (AvgIpc) is 3.05. The number of carbonyl (C=O) groups is 1. The number of anilines is 1. The summed E-state index contributed by atoms with van der Waals surface area (Å²) in [5.41, 5.74) is 3.14. The van der Waals surface area contributed by atoms with Crippen LogP contribution in [0.25, 0.3) is 16.6 Å². The molecule has 1 aliphatic rings. The first kappa shape index (κ1) is 20.6. The summed E-state index contributed by atoms with van der Waals surface area (Å²) in [7, 11) is 0. The first-order valence-corrected chi connectivity index (χ1v) is 11.4. The molecule has 32 heavy (non-hydrogen) atoms. The van der Waals surface area contributed by atoms with Gasteiger partial charge >= 0.3 is 0 Å². The fourth-order valence-corrected chi connectivity index (χ4v) is 4.89. The zero-order chi connectivity index (χ0) is 22.4. The lowest BCUT2D eigenvalue weighted by Crippen LogP contribution is -2.36. The number of benzene rings is 3. The van der Waals surface area contributed by atoms with Crippen molar-refractivity contribution in [3.05, 3.63) is 99.0 Å².